The van der Waals surface area contributed by atoms with Crippen molar-refractivity contribution in [1.29, 1.82) is 0 Å². The van der Waals surface area contributed by atoms with Crippen LogP contribution < -0.4 is 9.44 Å². The van der Waals surface area contributed by atoms with E-state index in [0.29, 0.717) is 16.3 Å². The molecule has 0 amide bonds. The summed E-state index contributed by atoms with van der Waals surface area (Å²) in [6.45, 7) is 0. The molecular weight excluding hydrogens is 537 g/mol. The van der Waals surface area contributed by atoms with Gasteiger partial charge in [0.2, 0.25) is 20.0 Å². The highest BCUT2D eigenvalue weighted by atomic mass is 32.2. The number of carboxylic acid groups (broad SMARTS) is 1. The van der Waals surface area contributed by atoms with E-state index in [-0.39, 0.29) is 4.88 Å². The Balaban J connectivity index is 0.000000196. The molecule has 186 valence electrons. The fourth-order valence-corrected chi connectivity index (χ4v) is 6.00. The molecule has 0 atom stereocenters. The number of hydrogen-bond donors (Lipinski definition) is 3. The van der Waals surface area contributed by atoms with Crippen molar-refractivity contribution in [3.8, 4) is 0 Å². The lowest BCUT2D eigenvalue weighted by atomic mass is 10.2. The molecule has 2 aromatic carbocycles. The molecule has 0 unspecified atom stereocenters. The van der Waals surface area contributed by atoms with E-state index in [1.165, 1.54) is 18.4 Å². The van der Waals surface area contributed by atoms with Crippen molar-refractivity contribution in [3.05, 3.63) is 58.3 Å². The molecule has 10 nitrogen and oxygen atoms in total. The fourth-order valence-electron chi connectivity index (χ4n) is 2.92. The van der Waals surface area contributed by atoms with Gasteiger partial charge in [0.05, 0.1) is 19.6 Å². The molecule has 0 saturated heterocycles. The molecule has 35 heavy (non-hydrogen) atoms. The Morgan fingerprint density at radius 3 is 1.60 bits per heavy atom. The fraction of sp³-hybridized carbons (Fsp3) is 0.143. The highest BCUT2D eigenvalue weighted by Crippen LogP contribution is 2.29. The molecule has 0 spiro atoms. The summed E-state index contributed by atoms with van der Waals surface area (Å²) in [7, 11) is -5.29. The van der Waals surface area contributed by atoms with Gasteiger partial charge in [-0.05, 0) is 47.2 Å². The van der Waals surface area contributed by atoms with Crippen molar-refractivity contribution in [2.45, 2.75) is 0 Å². The maximum absolute atomic E-state index is 11.4. The van der Waals surface area contributed by atoms with Gasteiger partial charge in [0, 0.05) is 20.8 Å². The number of hydrogen-bond acceptors (Lipinski definition) is 9. The first-order valence-corrected chi connectivity index (χ1v) is 15.0. The number of methoxy groups -OCH3 is 1. The maximum Gasteiger partial charge on any atom is 0.348 e. The number of nitrogens with one attached hydrogen (secondary N) is 2. The van der Waals surface area contributed by atoms with Crippen LogP contribution in [0.3, 0.4) is 0 Å². The summed E-state index contributed by atoms with van der Waals surface area (Å²) in [5.41, 5.74) is 0.905. The minimum Gasteiger partial charge on any atom is -0.477 e. The smallest absolute Gasteiger partial charge is 0.348 e. The second kappa shape index (κ2) is 10.2. The Labute approximate surface area is 209 Å². The third kappa shape index (κ3) is 7.39. The van der Waals surface area contributed by atoms with E-state index in [1.807, 2.05) is 0 Å². The van der Waals surface area contributed by atoms with Crippen LogP contribution in [-0.2, 0) is 24.8 Å². The van der Waals surface area contributed by atoms with Crippen LogP contribution in [0.5, 0.6) is 0 Å². The number of thiophene rings is 2. The molecule has 0 fully saturated rings. The van der Waals surface area contributed by atoms with Gasteiger partial charge in [0.15, 0.2) is 0 Å². The summed E-state index contributed by atoms with van der Waals surface area (Å²) in [5, 5.41) is 10.5. The van der Waals surface area contributed by atoms with E-state index in [4.69, 9.17) is 5.11 Å². The van der Waals surface area contributed by atoms with Crippen molar-refractivity contribution in [1.82, 2.24) is 0 Å². The molecule has 0 saturated carbocycles. The second-order valence-electron chi connectivity index (χ2n) is 7.27. The molecule has 2 heterocycles. The largest absolute Gasteiger partial charge is 0.477 e. The van der Waals surface area contributed by atoms with Crippen molar-refractivity contribution in [2.24, 2.45) is 0 Å². The average Bonchev–Trinajstić information content (AvgIpc) is 3.35. The lowest BCUT2D eigenvalue weighted by Crippen LogP contribution is -2.09. The van der Waals surface area contributed by atoms with Gasteiger partial charge in [-0.1, -0.05) is 12.1 Å². The predicted octanol–water partition coefficient (Wildman–Crippen LogP) is 4.03. The second-order valence-corrected chi connectivity index (χ2v) is 12.9. The number of carbonyl (C=O) groups excluding carboxylic acids is 1. The van der Waals surface area contributed by atoms with Crippen molar-refractivity contribution >= 4 is 86.2 Å². The molecule has 0 bridgehead atoms. The number of sulfonamides is 2. The number of benzene rings is 2. The zero-order valence-electron chi connectivity index (χ0n) is 18.6. The van der Waals surface area contributed by atoms with Crippen LogP contribution in [0.15, 0.2) is 48.5 Å². The first kappa shape index (κ1) is 26.4. The van der Waals surface area contributed by atoms with E-state index in [2.05, 4.69) is 14.2 Å². The Kier molecular flexibility index (Phi) is 7.69. The molecule has 4 rings (SSSR count). The third-order valence-electron chi connectivity index (χ3n) is 4.24. The van der Waals surface area contributed by atoms with Gasteiger partial charge >= 0.3 is 11.9 Å². The Morgan fingerprint density at radius 1 is 0.771 bits per heavy atom. The van der Waals surface area contributed by atoms with Crippen LogP contribution in [-0.4, -0.2) is 53.5 Å². The lowest BCUT2D eigenvalue weighted by Gasteiger charge is -2.02. The normalized spacial score (nSPS) is 11.5. The van der Waals surface area contributed by atoms with Crippen LogP contribution in [0, 0.1) is 0 Å². The summed E-state index contributed by atoms with van der Waals surface area (Å²) < 4.78 is 55.2. The number of rotatable bonds is 6. The van der Waals surface area contributed by atoms with Crippen molar-refractivity contribution < 1.29 is 36.3 Å². The highest BCUT2D eigenvalue weighted by Gasteiger charge is 2.12. The van der Waals surface area contributed by atoms with Gasteiger partial charge in [-0.2, -0.15) is 0 Å². The molecule has 0 aliphatic heterocycles. The van der Waals surface area contributed by atoms with Gasteiger partial charge in [0.25, 0.3) is 0 Å². The highest BCUT2D eigenvalue weighted by molar-refractivity contribution is 7.92. The molecule has 4 aromatic rings. The summed E-state index contributed by atoms with van der Waals surface area (Å²) in [5.74, 6) is -1.38. The molecule has 0 radical (unpaired) electrons. The third-order valence-corrected chi connectivity index (χ3v) is 7.62. The van der Waals surface area contributed by atoms with Crippen molar-refractivity contribution in [3.63, 3.8) is 0 Å². The van der Waals surface area contributed by atoms with E-state index in [1.54, 1.807) is 48.5 Å². The van der Waals surface area contributed by atoms with Crippen molar-refractivity contribution in [2.75, 3.05) is 29.1 Å². The minimum atomic E-state index is -3.32. The molecule has 14 heteroatoms. The van der Waals surface area contributed by atoms with Gasteiger partial charge in [0.1, 0.15) is 9.75 Å². The van der Waals surface area contributed by atoms with Gasteiger partial charge in [-0.25, -0.2) is 26.4 Å². The van der Waals surface area contributed by atoms with E-state index >= 15 is 0 Å². The van der Waals surface area contributed by atoms with Gasteiger partial charge in [-0.15, -0.1) is 22.7 Å². The summed E-state index contributed by atoms with van der Waals surface area (Å²) in [6.07, 6.45) is 2.15. The van der Waals surface area contributed by atoms with E-state index in [9.17, 15) is 26.4 Å². The molecular formula is C21H20N2O8S4. The lowest BCUT2D eigenvalue weighted by molar-refractivity contribution is 0.0605. The number of carbonyl (C=O) groups is 2. The SMILES string of the molecule is COC(=O)c1cc2ccc(NS(C)(=O)=O)cc2s1.CS(=O)(=O)Nc1ccc2cc(C(=O)O)sc2c1. The summed E-state index contributed by atoms with van der Waals surface area (Å²) in [4.78, 5) is 22.9. The molecule has 2 aromatic heterocycles. The van der Waals surface area contributed by atoms with Crippen LogP contribution in [0.4, 0.5) is 11.4 Å². The standard InChI is InChI=1S/C11H11NO4S2.C10H9NO4S2/c1-16-11(13)10-5-7-3-4-8(6-9(7)17-10)12-18(2,14)15;1-17(14,15)11-7-3-2-6-4-9(10(12)13)16-8(6)5-7/h3-6,12H,1-2H3;2-5,11H,1H3,(H,12,13). The van der Waals surface area contributed by atoms with Crippen LogP contribution in [0.2, 0.25) is 0 Å². The number of anilines is 2. The quantitative estimate of drug-likeness (QED) is 0.301. The zero-order valence-corrected chi connectivity index (χ0v) is 21.8. The molecule has 0 aliphatic carbocycles. The number of esters is 1. The van der Waals surface area contributed by atoms with E-state index < -0.39 is 32.0 Å². The summed E-state index contributed by atoms with van der Waals surface area (Å²) in [6, 6.07) is 13.3. The predicted molar refractivity (Wildman–Crippen MR) is 139 cm³/mol. The maximum atomic E-state index is 11.4. The number of ether oxygens (including phenoxy) is 1. The molecule has 3 N–H and O–H groups in total. The summed E-state index contributed by atoms with van der Waals surface area (Å²) >= 11 is 2.37. The van der Waals surface area contributed by atoms with Gasteiger partial charge < -0.3 is 9.84 Å². The van der Waals surface area contributed by atoms with Crippen LogP contribution in [0.25, 0.3) is 20.2 Å². The monoisotopic (exact) mass is 556 g/mol. The van der Waals surface area contributed by atoms with Crippen LogP contribution in [0.1, 0.15) is 19.3 Å². The van der Waals surface area contributed by atoms with E-state index in [0.717, 1.165) is 44.0 Å². The van der Waals surface area contributed by atoms with Crippen LogP contribution >= 0.6 is 22.7 Å². The Bertz CT molecular complexity index is 1640. The first-order chi connectivity index (χ1) is 16.2. The molecule has 0 aliphatic rings. The number of aromatic carboxylic acids is 1. The number of carboxylic acids is 1. The number of fused-ring (bicyclic) bond motifs is 2. The zero-order chi connectivity index (χ0) is 26.0. The average molecular weight is 557 g/mol. The topological polar surface area (TPSA) is 156 Å². The Hall–Kier alpha value is -3.20. The first-order valence-electron chi connectivity index (χ1n) is 9.58. The van der Waals surface area contributed by atoms with Gasteiger partial charge in [-0.3, -0.25) is 9.44 Å². The minimum absolute atomic E-state index is 0.233. The Morgan fingerprint density at radius 2 is 1.20 bits per heavy atom.